The van der Waals surface area contributed by atoms with E-state index in [1.165, 1.54) is 11.1 Å². The Labute approximate surface area is 182 Å². The van der Waals surface area contributed by atoms with E-state index in [9.17, 15) is 4.79 Å². The van der Waals surface area contributed by atoms with Crippen LogP contribution in [-0.2, 0) is 17.8 Å². The van der Waals surface area contributed by atoms with Gasteiger partial charge in [0.1, 0.15) is 0 Å². The fraction of sp³-hybridized carbons (Fsp3) is 0.400. The van der Waals surface area contributed by atoms with Gasteiger partial charge in [0, 0.05) is 23.7 Å². The van der Waals surface area contributed by atoms with Gasteiger partial charge in [-0.2, -0.15) is 4.98 Å². The van der Waals surface area contributed by atoms with Crippen LogP contribution in [0.15, 0.2) is 53.1 Å². The Balaban J connectivity index is 1.37. The van der Waals surface area contributed by atoms with Gasteiger partial charge >= 0.3 is 5.97 Å². The van der Waals surface area contributed by atoms with Crippen molar-refractivity contribution in [3.8, 4) is 22.8 Å². The molecule has 0 saturated heterocycles. The summed E-state index contributed by atoms with van der Waals surface area (Å²) in [7, 11) is 2.05. The van der Waals surface area contributed by atoms with Gasteiger partial charge in [-0.3, -0.25) is 9.69 Å². The second kappa shape index (κ2) is 9.02. The van der Waals surface area contributed by atoms with E-state index >= 15 is 0 Å². The molecule has 0 bridgehead atoms. The molecule has 0 amide bonds. The lowest BCUT2D eigenvalue weighted by molar-refractivity contribution is -0.146. The van der Waals surface area contributed by atoms with Crippen LogP contribution in [0.3, 0.4) is 0 Å². The molecule has 6 nitrogen and oxygen atoms in total. The zero-order chi connectivity index (χ0) is 22.0. The van der Waals surface area contributed by atoms with Crippen molar-refractivity contribution in [3.05, 3.63) is 59.7 Å². The molecule has 162 valence electrons. The first-order chi connectivity index (χ1) is 14.9. The molecular weight excluding hydrogens is 390 g/mol. The van der Waals surface area contributed by atoms with Crippen molar-refractivity contribution >= 4 is 5.97 Å². The average molecular weight is 420 g/mol. The molecule has 0 atom stereocenters. The molecule has 6 heteroatoms. The summed E-state index contributed by atoms with van der Waals surface area (Å²) in [5.74, 6) is 0.852. The maximum absolute atomic E-state index is 11.0. The van der Waals surface area contributed by atoms with E-state index in [1.807, 2.05) is 24.3 Å². The third kappa shape index (κ3) is 5.02. The molecule has 1 saturated carbocycles. The summed E-state index contributed by atoms with van der Waals surface area (Å²) in [6.45, 7) is 5.21. The van der Waals surface area contributed by atoms with Crippen LogP contribution in [0, 0.1) is 11.8 Å². The normalized spacial score (nSPS) is 18.4. The molecule has 4 rings (SSSR count). The third-order valence-corrected chi connectivity index (χ3v) is 6.00. The number of carboxylic acids is 1. The SMILES string of the molecule is CC(C)Cc1ccc(-c2nc(-c3ccc(CN(C)C4CC(C(=O)O)C4)cc3)no2)cc1. The molecule has 1 fully saturated rings. The highest BCUT2D eigenvalue weighted by atomic mass is 16.5. The number of benzene rings is 2. The third-order valence-electron chi connectivity index (χ3n) is 6.00. The van der Waals surface area contributed by atoms with E-state index in [0.717, 1.165) is 36.9 Å². The Hall–Kier alpha value is -2.99. The first-order valence-corrected chi connectivity index (χ1v) is 10.8. The minimum atomic E-state index is -0.681. The molecule has 0 aliphatic heterocycles. The summed E-state index contributed by atoms with van der Waals surface area (Å²) in [6, 6.07) is 16.8. The van der Waals surface area contributed by atoms with E-state index in [2.05, 4.69) is 60.2 Å². The number of carboxylic acid groups (broad SMARTS) is 1. The Morgan fingerprint density at radius 2 is 1.68 bits per heavy atom. The van der Waals surface area contributed by atoms with Crippen molar-refractivity contribution < 1.29 is 14.4 Å². The fourth-order valence-electron chi connectivity index (χ4n) is 4.04. The van der Waals surface area contributed by atoms with E-state index in [-0.39, 0.29) is 5.92 Å². The van der Waals surface area contributed by atoms with Crippen molar-refractivity contribution in [1.82, 2.24) is 15.0 Å². The quantitative estimate of drug-likeness (QED) is 0.560. The Bertz CT molecular complexity index is 1020. The van der Waals surface area contributed by atoms with Gasteiger partial charge in [-0.05, 0) is 55.5 Å². The number of hydrogen-bond donors (Lipinski definition) is 1. The van der Waals surface area contributed by atoms with Gasteiger partial charge in [0.2, 0.25) is 5.82 Å². The lowest BCUT2D eigenvalue weighted by atomic mass is 9.79. The van der Waals surface area contributed by atoms with Crippen LogP contribution in [0.5, 0.6) is 0 Å². The first-order valence-electron chi connectivity index (χ1n) is 10.8. The smallest absolute Gasteiger partial charge is 0.306 e. The summed E-state index contributed by atoms with van der Waals surface area (Å²) >= 11 is 0. The zero-order valence-electron chi connectivity index (χ0n) is 18.3. The Morgan fingerprint density at radius 3 is 2.29 bits per heavy atom. The highest BCUT2D eigenvalue weighted by molar-refractivity contribution is 5.71. The predicted molar refractivity (Wildman–Crippen MR) is 119 cm³/mol. The van der Waals surface area contributed by atoms with Gasteiger partial charge in [-0.15, -0.1) is 0 Å². The van der Waals surface area contributed by atoms with Gasteiger partial charge < -0.3 is 9.63 Å². The summed E-state index contributed by atoms with van der Waals surface area (Å²) < 4.78 is 5.49. The predicted octanol–water partition coefficient (Wildman–Crippen LogP) is 4.90. The van der Waals surface area contributed by atoms with Gasteiger partial charge in [0.15, 0.2) is 0 Å². The number of rotatable bonds is 8. The van der Waals surface area contributed by atoms with Crippen molar-refractivity contribution in [2.45, 2.75) is 45.7 Å². The van der Waals surface area contributed by atoms with E-state index in [1.54, 1.807) is 0 Å². The lowest BCUT2D eigenvalue weighted by Crippen LogP contribution is -2.44. The highest BCUT2D eigenvalue weighted by Gasteiger charge is 2.36. The topological polar surface area (TPSA) is 79.5 Å². The van der Waals surface area contributed by atoms with Crippen LogP contribution in [0.4, 0.5) is 0 Å². The van der Waals surface area contributed by atoms with Crippen molar-refractivity contribution in [1.29, 1.82) is 0 Å². The van der Waals surface area contributed by atoms with E-state index in [0.29, 0.717) is 23.7 Å². The second-order valence-corrected chi connectivity index (χ2v) is 8.99. The number of nitrogens with zero attached hydrogens (tertiary/aromatic N) is 3. The van der Waals surface area contributed by atoms with Crippen LogP contribution in [0.1, 0.15) is 37.8 Å². The maximum Gasteiger partial charge on any atom is 0.306 e. The summed E-state index contributed by atoms with van der Waals surface area (Å²) in [4.78, 5) is 17.8. The van der Waals surface area contributed by atoms with Gasteiger partial charge in [0.25, 0.3) is 5.89 Å². The van der Waals surface area contributed by atoms with Crippen LogP contribution < -0.4 is 0 Å². The minimum absolute atomic E-state index is 0.186. The van der Waals surface area contributed by atoms with Gasteiger partial charge in [-0.1, -0.05) is 55.4 Å². The van der Waals surface area contributed by atoms with Crippen molar-refractivity contribution in [3.63, 3.8) is 0 Å². The number of aliphatic carboxylic acids is 1. The van der Waals surface area contributed by atoms with Crippen molar-refractivity contribution in [2.24, 2.45) is 11.8 Å². The molecule has 1 aromatic heterocycles. The molecule has 1 aliphatic carbocycles. The molecule has 1 N–H and O–H groups in total. The molecule has 1 aliphatic rings. The number of carbonyl (C=O) groups is 1. The maximum atomic E-state index is 11.0. The minimum Gasteiger partial charge on any atom is -0.481 e. The lowest BCUT2D eigenvalue weighted by Gasteiger charge is -2.39. The van der Waals surface area contributed by atoms with Crippen LogP contribution in [0.25, 0.3) is 22.8 Å². The number of hydrogen-bond acceptors (Lipinski definition) is 5. The molecule has 1 heterocycles. The summed E-state index contributed by atoms with van der Waals surface area (Å²) in [5, 5.41) is 13.2. The molecule has 3 aromatic rings. The standard InChI is InChI=1S/C25H29N3O3/c1-16(2)12-17-4-10-20(11-5-17)24-26-23(27-31-24)19-8-6-18(7-9-19)15-28(3)22-13-21(14-22)25(29)30/h4-11,16,21-22H,12-15H2,1-3H3,(H,29,30). The van der Waals surface area contributed by atoms with Crippen LogP contribution in [-0.4, -0.2) is 39.2 Å². The monoisotopic (exact) mass is 419 g/mol. The molecule has 2 aromatic carbocycles. The van der Waals surface area contributed by atoms with Gasteiger partial charge in [-0.25, -0.2) is 0 Å². The second-order valence-electron chi connectivity index (χ2n) is 8.99. The van der Waals surface area contributed by atoms with Crippen LogP contribution in [0.2, 0.25) is 0 Å². The molecule has 0 unspecified atom stereocenters. The largest absolute Gasteiger partial charge is 0.481 e. The molecule has 0 spiro atoms. The molecule has 31 heavy (non-hydrogen) atoms. The van der Waals surface area contributed by atoms with Crippen LogP contribution >= 0.6 is 0 Å². The van der Waals surface area contributed by atoms with E-state index < -0.39 is 5.97 Å². The first kappa shape index (κ1) is 21.2. The number of aromatic nitrogens is 2. The Morgan fingerprint density at radius 1 is 1.06 bits per heavy atom. The van der Waals surface area contributed by atoms with Crippen molar-refractivity contribution in [2.75, 3.05) is 7.05 Å². The molecular formula is C25H29N3O3. The summed E-state index contributed by atoms with van der Waals surface area (Å²) in [6.07, 6.45) is 2.51. The van der Waals surface area contributed by atoms with Gasteiger partial charge in [0.05, 0.1) is 5.92 Å². The van der Waals surface area contributed by atoms with E-state index in [4.69, 9.17) is 9.63 Å². The Kier molecular flexibility index (Phi) is 6.18. The highest BCUT2D eigenvalue weighted by Crippen LogP contribution is 2.32. The fourth-order valence-corrected chi connectivity index (χ4v) is 4.04. The average Bonchev–Trinajstić information content (AvgIpc) is 3.17. The summed E-state index contributed by atoms with van der Waals surface area (Å²) in [5.41, 5.74) is 4.31. The molecule has 0 radical (unpaired) electrons. The zero-order valence-corrected chi connectivity index (χ0v) is 18.3.